The molecule has 1 aliphatic heterocycles. The van der Waals surface area contributed by atoms with Crippen LogP contribution in [0.15, 0.2) is 0 Å². The van der Waals surface area contributed by atoms with Gasteiger partial charge in [-0.2, -0.15) is 0 Å². The Morgan fingerprint density at radius 2 is 2.06 bits per heavy atom. The van der Waals surface area contributed by atoms with E-state index in [2.05, 4.69) is 18.7 Å². The molecule has 3 atom stereocenters. The molecule has 0 radical (unpaired) electrons. The summed E-state index contributed by atoms with van der Waals surface area (Å²) in [5, 5.41) is 9.34. The number of rotatable bonds is 3. The Balaban J connectivity index is 2.12. The second kappa shape index (κ2) is 6.02. The highest BCUT2D eigenvalue weighted by atomic mass is 16.5. The second-order valence-corrected chi connectivity index (χ2v) is 5.93. The first kappa shape index (κ1) is 13.8. The third-order valence-electron chi connectivity index (χ3n) is 4.52. The fraction of sp³-hybridized carbons (Fsp3) is 0.929. The lowest BCUT2D eigenvalue weighted by atomic mass is 9.76. The highest BCUT2D eigenvalue weighted by molar-refractivity contribution is 5.73. The van der Waals surface area contributed by atoms with Crippen LogP contribution in [0.2, 0.25) is 0 Å². The van der Waals surface area contributed by atoms with Crippen LogP contribution in [0.1, 0.15) is 39.5 Å². The Morgan fingerprint density at radius 1 is 1.33 bits per heavy atom. The van der Waals surface area contributed by atoms with Crippen LogP contribution in [0.5, 0.6) is 0 Å². The van der Waals surface area contributed by atoms with Crippen LogP contribution in [0, 0.1) is 11.8 Å². The van der Waals surface area contributed by atoms with Crippen LogP contribution in [-0.4, -0.2) is 47.8 Å². The van der Waals surface area contributed by atoms with Gasteiger partial charge >= 0.3 is 5.97 Å². The quantitative estimate of drug-likeness (QED) is 0.838. The average molecular weight is 255 g/mol. The Morgan fingerprint density at radius 3 is 2.72 bits per heavy atom. The van der Waals surface area contributed by atoms with Crippen molar-refractivity contribution in [2.24, 2.45) is 11.8 Å². The summed E-state index contributed by atoms with van der Waals surface area (Å²) in [6, 6.07) is -0.00755. The molecule has 1 saturated carbocycles. The number of hydrogen-bond acceptors (Lipinski definition) is 3. The van der Waals surface area contributed by atoms with Crippen molar-refractivity contribution in [2.45, 2.75) is 51.6 Å². The molecule has 4 heteroatoms. The minimum atomic E-state index is -0.734. The van der Waals surface area contributed by atoms with E-state index in [1.165, 1.54) is 19.3 Å². The molecule has 18 heavy (non-hydrogen) atoms. The van der Waals surface area contributed by atoms with Gasteiger partial charge in [0, 0.05) is 12.6 Å². The van der Waals surface area contributed by atoms with Crippen LogP contribution >= 0.6 is 0 Å². The van der Waals surface area contributed by atoms with Crippen molar-refractivity contribution in [1.82, 2.24) is 4.90 Å². The summed E-state index contributed by atoms with van der Waals surface area (Å²) in [7, 11) is 0. The van der Waals surface area contributed by atoms with Gasteiger partial charge in [-0.15, -0.1) is 0 Å². The molecule has 1 N–H and O–H groups in total. The number of carboxylic acid groups (broad SMARTS) is 1. The molecule has 1 heterocycles. The van der Waals surface area contributed by atoms with E-state index in [4.69, 9.17) is 4.74 Å². The lowest BCUT2D eigenvalue weighted by molar-refractivity contribution is -0.154. The minimum absolute atomic E-state index is 0.344. The van der Waals surface area contributed by atoms with E-state index in [-0.39, 0.29) is 0 Å². The van der Waals surface area contributed by atoms with Gasteiger partial charge in [-0.25, -0.2) is 0 Å². The van der Waals surface area contributed by atoms with Crippen molar-refractivity contribution >= 4 is 5.97 Å². The van der Waals surface area contributed by atoms with Gasteiger partial charge in [-0.05, 0) is 24.7 Å². The van der Waals surface area contributed by atoms with Gasteiger partial charge in [-0.3, -0.25) is 9.69 Å². The molecule has 2 rings (SSSR count). The highest BCUT2D eigenvalue weighted by Crippen LogP contribution is 2.35. The largest absolute Gasteiger partial charge is 0.480 e. The lowest BCUT2D eigenvalue weighted by Gasteiger charge is -2.45. The monoisotopic (exact) mass is 255 g/mol. The standard InChI is InChI=1S/C14H25NO3/c1-10(2)11-5-3-4-6-12(11)15-7-8-18-9-13(15)14(16)17/h10-13H,3-9H2,1-2H3,(H,16,17). The summed E-state index contributed by atoms with van der Waals surface area (Å²) in [6.07, 6.45) is 4.91. The molecular formula is C14H25NO3. The minimum Gasteiger partial charge on any atom is -0.480 e. The first-order valence-electron chi connectivity index (χ1n) is 7.17. The van der Waals surface area contributed by atoms with E-state index < -0.39 is 12.0 Å². The van der Waals surface area contributed by atoms with Crippen LogP contribution in [0.3, 0.4) is 0 Å². The summed E-state index contributed by atoms with van der Waals surface area (Å²) in [5.41, 5.74) is 0. The lowest BCUT2D eigenvalue weighted by Crippen LogP contribution is -2.57. The molecule has 0 spiro atoms. The normalized spacial score (nSPS) is 34.7. The molecule has 0 aromatic heterocycles. The van der Waals surface area contributed by atoms with Crippen molar-refractivity contribution in [1.29, 1.82) is 0 Å². The molecule has 0 amide bonds. The number of aliphatic carboxylic acids is 1. The zero-order valence-electron chi connectivity index (χ0n) is 11.5. The smallest absolute Gasteiger partial charge is 0.323 e. The van der Waals surface area contributed by atoms with E-state index in [0.717, 1.165) is 13.0 Å². The summed E-state index contributed by atoms with van der Waals surface area (Å²) in [6.45, 7) is 6.31. The second-order valence-electron chi connectivity index (χ2n) is 5.93. The molecule has 4 nitrogen and oxygen atoms in total. The molecule has 3 unspecified atom stereocenters. The van der Waals surface area contributed by atoms with E-state index in [9.17, 15) is 9.90 Å². The summed E-state index contributed by atoms with van der Waals surface area (Å²) in [5.74, 6) is 0.536. The molecule has 2 aliphatic rings. The molecular weight excluding hydrogens is 230 g/mol. The Labute approximate surface area is 109 Å². The zero-order chi connectivity index (χ0) is 13.1. The molecule has 104 valence electrons. The van der Waals surface area contributed by atoms with Gasteiger partial charge in [0.15, 0.2) is 0 Å². The van der Waals surface area contributed by atoms with Gasteiger partial charge in [0.2, 0.25) is 0 Å². The predicted molar refractivity (Wildman–Crippen MR) is 69.5 cm³/mol. The molecule has 0 bridgehead atoms. The van der Waals surface area contributed by atoms with Gasteiger partial charge in [-0.1, -0.05) is 26.7 Å². The topological polar surface area (TPSA) is 49.8 Å². The van der Waals surface area contributed by atoms with Crippen molar-refractivity contribution in [3.05, 3.63) is 0 Å². The van der Waals surface area contributed by atoms with E-state index in [1.54, 1.807) is 0 Å². The highest BCUT2D eigenvalue weighted by Gasteiger charge is 2.39. The summed E-state index contributed by atoms with van der Waals surface area (Å²) in [4.78, 5) is 13.6. The zero-order valence-corrected chi connectivity index (χ0v) is 11.5. The SMILES string of the molecule is CC(C)C1CCCCC1N1CCOCC1C(=O)O. The van der Waals surface area contributed by atoms with Crippen LogP contribution in [0.25, 0.3) is 0 Å². The fourth-order valence-electron chi connectivity index (χ4n) is 3.56. The van der Waals surface area contributed by atoms with Crippen LogP contribution < -0.4 is 0 Å². The molecule has 2 fully saturated rings. The molecule has 1 aliphatic carbocycles. The number of nitrogens with zero attached hydrogens (tertiary/aromatic N) is 1. The maximum atomic E-state index is 11.4. The first-order chi connectivity index (χ1) is 8.61. The van der Waals surface area contributed by atoms with E-state index >= 15 is 0 Å². The molecule has 0 aromatic rings. The third kappa shape index (κ3) is 2.86. The predicted octanol–water partition coefficient (Wildman–Crippen LogP) is 1.99. The van der Waals surface area contributed by atoms with Gasteiger partial charge in [0.25, 0.3) is 0 Å². The Hall–Kier alpha value is -0.610. The Bertz CT molecular complexity index is 293. The van der Waals surface area contributed by atoms with Crippen molar-refractivity contribution < 1.29 is 14.6 Å². The Kier molecular flexibility index (Phi) is 4.62. The first-order valence-corrected chi connectivity index (χ1v) is 7.17. The number of carboxylic acids is 1. The number of morpholine rings is 1. The average Bonchev–Trinajstić information content (AvgIpc) is 2.38. The van der Waals surface area contributed by atoms with E-state index in [0.29, 0.717) is 31.1 Å². The number of ether oxygens (including phenoxy) is 1. The van der Waals surface area contributed by atoms with Crippen LogP contribution in [0.4, 0.5) is 0 Å². The van der Waals surface area contributed by atoms with Crippen molar-refractivity contribution in [3.8, 4) is 0 Å². The number of hydrogen-bond donors (Lipinski definition) is 1. The van der Waals surface area contributed by atoms with Gasteiger partial charge in [0.05, 0.1) is 13.2 Å². The van der Waals surface area contributed by atoms with Gasteiger partial charge in [0.1, 0.15) is 6.04 Å². The molecule has 0 aromatic carbocycles. The van der Waals surface area contributed by atoms with Crippen molar-refractivity contribution in [3.63, 3.8) is 0 Å². The number of carbonyl (C=O) groups is 1. The maximum absolute atomic E-state index is 11.4. The van der Waals surface area contributed by atoms with Crippen molar-refractivity contribution in [2.75, 3.05) is 19.8 Å². The molecule has 1 saturated heterocycles. The fourth-order valence-corrected chi connectivity index (χ4v) is 3.56. The van der Waals surface area contributed by atoms with Gasteiger partial charge < -0.3 is 9.84 Å². The summed E-state index contributed by atoms with van der Waals surface area (Å²) < 4.78 is 5.34. The summed E-state index contributed by atoms with van der Waals surface area (Å²) >= 11 is 0. The maximum Gasteiger partial charge on any atom is 0.323 e. The van der Waals surface area contributed by atoms with Crippen LogP contribution in [-0.2, 0) is 9.53 Å². The third-order valence-corrected chi connectivity index (χ3v) is 4.52. The van der Waals surface area contributed by atoms with E-state index in [1.807, 2.05) is 0 Å².